The molecule has 2 aliphatic carbocycles. The van der Waals surface area contributed by atoms with E-state index in [-0.39, 0.29) is 29.7 Å². The van der Waals surface area contributed by atoms with Crippen molar-refractivity contribution in [2.75, 3.05) is 0 Å². The third-order valence-electron chi connectivity index (χ3n) is 8.27. The highest BCUT2D eigenvalue weighted by molar-refractivity contribution is 5.13. The van der Waals surface area contributed by atoms with Gasteiger partial charge in [-0.15, -0.1) is 0 Å². The third kappa shape index (κ3) is 5.89. The van der Waals surface area contributed by atoms with Crippen molar-refractivity contribution < 1.29 is 41.7 Å². The van der Waals surface area contributed by atoms with Gasteiger partial charge in [-0.1, -0.05) is 32.8 Å². The fraction of sp³-hybridized carbons (Fsp3) is 0.917. The maximum absolute atomic E-state index is 13.1. The lowest BCUT2D eigenvalue weighted by Crippen LogP contribution is -2.55. The molecule has 2 fully saturated rings. The molecule has 0 radical (unpaired) electrons. The summed E-state index contributed by atoms with van der Waals surface area (Å²) in [5.41, 5.74) is -6.76. The lowest BCUT2D eigenvalue weighted by atomic mass is 9.56. The Hall–Kier alpha value is -0.800. The van der Waals surface area contributed by atoms with E-state index in [2.05, 4.69) is 6.92 Å². The number of fused-ring (bicyclic) bond motifs is 1. The molecule has 0 amide bonds. The van der Waals surface area contributed by atoms with Crippen molar-refractivity contribution in [3.05, 3.63) is 12.2 Å². The molecule has 2 aliphatic rings. The van der Waals surface area contributed by atoms with E-state index in [9.17, 15) is 41.7 Å². The smallest absolute Gasteiger partial charge is 0.393 e. The van der Waals surface area contributed by atoms with Crippen molar-refractivity contribution in [2.45, 2.75) is 115 Å². The number of rotatable bonds is 8. The second kappa shape index (κ2) is 9.34. The van der Waals surface area contributed by atoms with Gasteiger partial charge < -0.3 is 15.3 Å². The Kier molecular flexibility index (Phi) is 8.05. The van der Waals surface area contributed by atoms with Gasteiger partial charge in [0, 0.05) is 0 Å². The maximum Gasteiger partial charge on any atom is 0.429 e. The number of halogens is 6. The molecule has 2 saturated carbocycles. The number of allylic oxidation sites excluding steroid dienone is 1. The number of aliphatic hydroxyl groups excluding tert-OH is 1. The Bertz CT molecular complexity index is 682. The molecule has 0 heterocycles. The molecule has 9 heteroatoms. The van der Waals surface area contributed by atoms with E-state index in [1.807, 2.05) is 6.92 Å². The average molecular weight is 489 g/mol. The molecule has 33 heavy (non-hydrogen) atoms. The fourth-order valence-corrected chi connectivity index (χ4v) is 6.49. The molecular formula is C24H38F6O3. The predicted octanol–water partition coefficient (Wildman–Crippen LogP) is 6.31. The van der Waals surface area contributed by atoms with Crippen molar-refractivity contribution >= 4 is 0 Å². The highest BCUT2D eigenvalue weighted by Gasteiger charge is 2.69. The first kappa shape index (κ1) is 28.4. The summed E-state index contributed by atoms with van der Waals surface area (Å²) in [6.45, 7) is 7.27. The molecule has 5 atom stereocenters. The fourth-order valence-electron chi connectivity index (χ4n) is 6.49. The Balaban J connectivity index is 2.35. The summed E-state index contributed by atoms with van der Waals surface area (Å²) in [6.07, 6.45) is -6.29. The minimum atomic E-state index is -5.89. The SMILES string of the molecule is CC(C)(O)CCCC(C)(CC=CC(O)(C(F)(F)F)C(F)(F)F)C1CCC2[C@@H](O)CCC[C@@]21C. The average Bonchev–Trinajstić information content (AvgIpc) is 2.97. The van der Waals surface area contributed by atoms with E-state index >= 15 is 0 Å². The molecule has 0 aromatic carbocycles. The van der Waals surface area contributed by atoms with E-state index in [0.29, 0.717) is 25.7 Å². The largest absolute Gasteiger partial charge is 0.429 e. The molecule has 0 aliphatic heterocycles. The van der Waals surface area contributed by atoms with Crippen LogP contribution >= 0.6 is 0 Å². The first-order valence-corrected chi connectivity index (χ1v) is 11.7. The molecule has 0 aromatic rings. The summed E-state index contributed by atoms with van der Waals surface area (Å²) in [7, 11) is 0. The van der Waals surface area contributed by atoms with E-state index in [1.165, 1.54) is 0 Å². The van der Waals surface area contributed by atoms with Gasteiger partial charge in [0.05, 0.1) is 11.7 Å². The van der Waals surface area contributed by atoms with E-state index in [4.69, 9.17) is 0 Å². The van der Waals surface area contributed by atoms with Crippen molar-refractivity contribution in [2.24, 2.45) is 22.7 Å². The van der Waals surface area contributed by atoms with E-state index < -0.39 is 35.1 Å². The van der Waals surface area contributed by atoms with Crippen LogP contribution in [0.3, 0.4) is 0 Å². The minimum absolute atomic E-state index is 0.0127. The minimum Gasteiger partial charge on any atom is -0.393 e. The molecule has 0 aromatic heterocycles. The first-order chi connectivity index (χ1) is 14.8. The summed E-state index contributed by atoms with van der Waals surface area (Å²) in [5.74, 6) is 0.0393. The van der Waals surface area contributed by atoms with Crippen LogP contribution in [-0.2, 0) is 0 Å². The van der Waals surface area contributed by atoms with Gasteiger partial charge >= 0.3 is 12.4 Å². The van der Waals surface area contributed by atoms with Gasteiger partial charge in [0.2, 0.25) is 0 Å². The molecular weight excluding hydrogens is 450 g/mol. The number of aliphatic hydroxyl groups is 3. The van der Waals surface area contributed by atoms with E-state index in [0.717, 1.165) is 31.8 Å². The van der Waals surface area contributed by atoms with Crippen molar-refractivity contribution in [1.29, 1.82) is 0 Å². The first-order valence-electron chi connectivity index (χ1n) is 11.7. The lowest BCUT2D eigenvalue weighted by molar-refractivity contribution is -0.347. The van der Waals surface area contributed by atoms with Gasteiger partial charge in [-0.05, 0) is 87.5 Å². The van der Waals surface area contributed by atoms with Crippen LogP contribution in [0.15, 0.2) is 12.2 Å². The van der Waals surface area contributed by atoms with Gasteiger partial charge in [0.1, 0.15) is 0 Å². The Morgan fingerprint density at radius 3 is 2.00 bits per heavy atom. The van der Waals surface area contributed by atoms with Gasteiger partial charge in [-0.2, -0.15) is 26.3 Å². The van der Waals surface area contributed by atoms with Gasteiger partial charge in [-0.3, -0.25) is 0 Å². The highest BCUT2D eigenvalue weighted by atomic mass is 19.4. The lowest BCUT2D eigenvalue weighted by Gasteiger charge is -2.50. The predicted molar refractivity (Wildman–Crippen MR) is 113 cm³/mol. The Morgan fingerprint density at radius 2 is 1.48 bits per heavy atom. The molecule has 0 bridgehead atoms. The third-order valence-corrected chi connectivity index (χ3v) is 8.27. The van der Waals surface area contributed by atoms with Crippen LogP contribution in [0.25, 0.3) is 0 Å². The molecule has 194 valence electrons. The number of hydrogen-bond donors (Lipinski definition) is 3. The quantitative estimate of drug-likeness (QED) is 0.277. The molecule has 0 spiro atoms. The van der Waals surface area contributed by atoms with Crippen LogP contribution in [0.5, 0.6) is 0 Å². The van der Waals surface area contributed by atoms with Crippen LogP contribution in [0.2, 0.25) is 0 Å². The van der Waals surface area contributed by atoms with Gasteiger partial charge in [0.25, 0.3) is 5.60 Å². The van der Waals surface area contributed by atoms with Gasteiger partial charge in [0.15, 0.2) is 0 Å². The van der Waals surface area contributed by atoms with Gasteiger partial charge in [-0.25, -0.2) is 0 Å². The summed E-state index contributed by atoms with van der Waals surface area (Å²) >= 11 is 0. The molecule has 3 N–H and O–H groups in total. The van der Waals surface area contributed by atoms with Crippen molar-refractivity contribution in [3.8, 4) is 0 Å². The monoisotopic (exact) mass is 488 g/mol. The molecule has 0 saturated heterocycles. The molecule has 3 unspecified atom stereocenters. The summed E-state index contributed by atoms with van der Waals surface area (Å²) in [6, 6.07) is 0. The van der Waals surface area contributed by atoms with Crippen LogP contribution < -0.4 is 0 Å². The topological polar surface area (TPSA) is 60.7 Å². The maximum atomic E-state index is 13.1. The summed E-state index contributed by atoms with van der Waals surface area (Å²) in [5, 5.41) is 30.1. The summed E-state index contributed by atoms with van der Waals surface area (Å²) < 4.78 is 78.6. The number of hydrogen-bond acceptors (Lipinski definition) is 3. The second-order valence-corrected chi connectivity index (χ2v) is 11.4. The second-order valence-electron chi connectivity index (χ2n) is 11.4. The zero-order valence-corrected chi connectivity index (χ0v) is 19.9. The van der Waals surface area contributed by atoms with E-state index in [1.54, 1.807) is 13.8 Å². The zero-order valence-electron chi connectivity index (χ0n) is 19.9. The van der Waals surface area contributed by atoms with Crippen LogP contribution in [-0.4, -0.2) is 45.0 Å². The van der Waals surface area contributed by atoms with Crippen molar-refractivity contribution in [1.82, 2.24) is 0 Å². The Morgan fingerprint density at radius 1 is 0.909 bits per heavy atom. The highest BCUT2D eigenvalue weighted by Crippen LogP contribution is 2.62. The normalized spacial score (nSPS) is 31.6. The van der Waals surface area contributed by atoms with Crippen LogP contribution in [0.1, 0.15) is 85.5 Å². The van der Waals surface area contributed by atoms with Crippen molar-refractivity contribution in [3.63, 3.8) is 0 Å². The molecule has 2 rings (SSSR count). The summed E-state index contributed by atoms with van der Waals surface area (Å²) in [4.78, 5) is 0. The Labute approximate surface area is 192 Å². The zero-order chi connectivity index (χ0) is 25.5. The molecule has 3 nitrogen and oxygen atoms in total. The van der Waals surface area contributed by atoms with Crippen LogP contribution in [0, 0.1) is 22.7 Å². The standard InChI is InChI=1S/C24H38F6O3/c1-19(2,32)11-6-12-20(3,13-7-15-22(33,23(25,26)27)24(28,29)30)18-10-9-16-17(31)8-5-14-21(16,18)4/h7,15-18,31-33H,5-6,8-14H2,1-4H3/t16?,17-,18?,20?,21-/m0/s1. The number of alkyl halides is 6. The van der Waals surface area contributed by atoms with Crippen LogP contribution in [0.4, 0.5) is 26.3 Å².